The third kappa shape index (κ3) is 3.66. The van der Waals surface area contributed by atoms with Crippen LogP contribution in [0.25, 0.3) is 16.9 Å². The number of rotatable bonds is 4. The quantitative estimate of drug-likeness (QED) is 0.220. The minimum absolute atomic E-state index is 0.0166. The molecule has 4 aromatic rings. The molecule has 0 aliphatic heterocycles. The number of aryl methyl sites for hydroxylation is 2. The molecule has 1 aromatic carbocycles. The standard InChI is InChI=1S/C19H17ClN8O4S/c1-25-12-13(26(2)19(32)27(3)16(12)31)22-17(25)24-21-8-11-14(29)23-18(33)28(15(11)30)10-6-4-9(20)5-7-10/h4-8,30H,1-3H3,(H,22,24)(H,23,29,33)/b21-8+. The molecule has 0 unspecified atom stereocenters. The number of aromatic amines is 1. The van der Waals surface area contributed by atoms with E-state index >= 15 is 0 Å². The molecular weight excluding hydrogens is 472 g/mol. The number of hydrogen-bond acceptors (Lipinski definition) is 8. The first-order chi connectivity index (χ1) is 15.6. The first-order valence-electron chi connectivity index (χ1n) is 9.37. The zero-order chi connectivity index (χ0) is 24.0. The van der Waals surface area contributed by atoms with Crippen LogP contribution < -0.4 is 22.2 Å². The monoisotopic (exact) mass is 488 g/mol. The fraction of sp³-hybridized carbons (Fsp3) is 0.158. The molecule has 0 spiro atoms. The maximum atomic E-state index is 12.5. The third-order valence-electron chi connectivity index (χ3n) is 5.04. The van der Waals surface area contributed by atoms with Crippen LogP contribution in [0.15, 0.2) is 43.8 Å². The molecular formula is C19H17ClN8O4S. The molecule has 4 rings (SSSR count). The highest BCUT2D eigenvalue weighted by molar-refractivity contribution is 7.71. The maximum Gasteiger partial charge on any atom is 0.332 e. The van der Waals surface area contributed by atoms with Crippen LogP contribution in [-0.4, -0.2) is 39.6 Å². The summed E-state index contributed by atoms with van der Waals surface area (Å²) in [5, 5.41) is 15.2. The van der Waals surface area contributed by atoms with Crippen molar-refractivity contribution in [3.8, 4) is 11.6 Å². The van der Waals surface area contributed by atoms with Crippen molar-refractivity contribution in [2.24, 2.45) is 26.2 Å². The second kappa shape index (κ2) is 8.18. The Labute approximate surface area is 194 Å². The summed E-state index contributed by atoms with van der Waals surface area (Å²) in [5.74, 6) is -0.293. The molecule has 0 fully saturated rings. The van der Waals surface area contributed by atoms with E-state index in [9.17, 15) is 19.5 Å². The fourth-order valence-corrected chi connectivity index (χ4v) is 3.67. The third-order valence-corrected chi connectivity index (χ3v) is 5.58. The van der Waals surface area contributed by atoms with Crippen molar-refractivity contribution < 1.29 is 5.11 Å². The van der Waals surface area contributed by atoms with Crippen molar-refractivity contribution in [1.29, 1.82) is 0 Å². The summed E-state index contributed by atoms with van der Waals surface area (Å²) < 4.78 is 4.87. The number of fused-ring (bicyclic) bond motifs is 1. The lowest BCUT2D eigenvalue weighted by Crippen LogP contribution is -2.37. The van der Waals surface area contributed by atoms with E-state index in [0.29, 0.717) is 10.7 Å². The molecule has 0 aliphatic rings. The predicted octanol–water partition coefficient (Wildman–Crippen LogP) is 0.984. The van der Waals surface area contributed by atoms with Gasteiger partial charge in [-0.3, -0.25) is 28.3 Å². The Kier molecular flexibility index (Phi) is 5.51. The van der Waals surface area contributed by atoms with Gasteiger partial charge in [0, 0.05) is 26.2 Å². The number of H-pyrrole nitrogens is 1. The Morgan fingerprint density at radius 3 is 2.45 bits per heavy atom. The van der Waals surface area contributed by atoms with E-state index in [-0.39, 0.29) is 27.4 Å². The summed E-state index contributed by atoms with van der Waals surface area (Å²) >= 11 is 11.1. The highest BCUT2D eigenvalue weighted by Crippen LogP contribution is 2.20. The number of aromatic nitrogens is 6. The number of aromatic hydroxyl groups is 1. The molecule has 33 heavy (non-hydrogen) atoms. The van der Waals surface area contributed by atoms with E-state index in [1.165, 1.54) is 27.8 Å². The van der Waals surface area contributed by atoms with Crippen molar-refractivity contribution in [1.82, 2.24) is 28.2 Å². The van der Waals surface area contributed by atoms with Gasteiger partial charge in [0.15, 0.2) is 15.9 Å². The molecule has 0 bridgehead atoms. The van der Waals surface area contributed by atoms with Gasteiger partial charge in [0.1, 0.15) is 5.56 Å². The molecule has 0 atom stereocenters. The smallest absolute Gasteiger partial charge is 0.332 e. The van der Waals surface area contributed by atoms with E-state index in [1.807, 2.05) is 0 Å². The minimum Gasteiger partial charge on any atom is -0.494 e. The van der Waals surface area contributed by atoms with Crippen molar-refractivity contribution in [2.45, 2.75) is 0 Å². The second-order valence-electron chi connectivity index (χ2n) is 7.05. The van der Waals surface area contributed by atoms with Crippen molar-refractivity contribution in [3.05, 3.63) is 70.8 Å². The Morgan fingerprint density at radius 1 is 1.12 bits per heavy atom. The van der Waals surface area contributed by atoms with Gasteiger partial charge < -0.3 is 9.67 Å². The van der Waals surface area contributed by atoms with Crippen LogP contribution in [0.3, 0.4) is 0 Å². The summed E-state index contributed by atoms with van der Waals surface area (Å²) in [5.41, 5.74) is 1.59. The number of nitrogens with zero attached hydrogens (tertiary/aromatic N) is 6. The topological polar surface area (TPSA) is 144 Å². The summed E-state index contributed by atoms with van der Waals surface area (Å²) in [6.07, 6.45) is 1.09. The van der Waals surface area contributed by atoms with Crippen LogP contribution >= 0.6 is 23.8 Å². The molecule has 170 valence electrons. The number of benzene rings is 1. The van der Waals surface area contributed by atoms with Gasteiger partial charge in [-0.2, -0.15) is 10.1 Å². The van der Waals surface area contributed by atoms with E-state index in [0.717, 1.165) is 10.8 Å². The Hall–Kier alpha value is -3.97. The van der Waals surface area contributed by atoms with Crippen LogP contribution in [0.4, 0.5) is 5.95 Å². The van der Waals surface area contributed by atoms with Crippen LogP contribution in [0, 0.1) is 4.77 Å². The summed E-state index contributed by atoms with van der Waals surface area (Å²) in [7, 11) is 4.44. The Morgan fingerprint density at radius 2 is 1.79 bits per heavy atom. The summed E-state index contributed by atoms with van der Waals surface area (Å²) in [6, 6.07) is 6.48. The van der Waals surface area contributed by atoms with Gasteiger partial charge in [0.2, 0.25) is 11.8 Å². The molecule has 0 radical (unpaired) electrons. The van der Waals surface area contributed by atoms with E-state index < -0.39 is 22.7 Å². The van der Waals surface area contributed by atoms with E-state index in [1.54, 1.807) is 31.3 Å². The predicted molar refractivity (Wildman–Crippen MR) is 126 cm³/mol. The normalized spacial score (nSPS) is 11.5. The molecule has 3 aromatic heterocycles. The first-order valence-corrected chi connectivity index (χ1v) is 10.2. The van der Waals surface area contributed by atoms with Crippen molar-refractivity contribution in [3.63, 3.8) is 0 Å². The minimum atomic E-state index is -0.658. The maximum absolute atomic E-state index is 12.5. The van der Waals surface area contributed by atoms with Crippen LogP contribution in [0.2, 0.25) is 5.02 Å². The first kappa shape index (κ1) is 22.2. The molecule has 0 saturated heterocycles. The molecule has 3 heterocycles. The zero-order valence-corrected chi connectivity index (χ0v) is 19.1. The van der Waals surface area contributed by atoms with Crippen LogP contribution in [0.1, 0.15) is 5.56 Å². The van der Waals surface area contributed by atoms with E-state index in [2.05, 4.69) is 20.5 Å². The lowest BCUT2D eigenvalue weighted by Gasteiger charge is -2.11. The molecule has 12 nitrogen and oxygen atoms in total. The van der Waals surface area contributed by atoms with Gasteiger partial charge in [0.05, 0.1) is 11.9 Å². The molecule has 0 saturated carbocycles. The number of halogens is 1. The number of nitrogens with one attached hydrogen (secondary N) is 2. The highest BCUT2D eigenvalue weighted by Gasteiger charge is 2.17. The van der Waals surface area contributed by atoms with Gasteiger partial charge in [-0.05, 0) is 36.5 Å². The Balaban J connectivity index is 1.75. The van der Waals surface area contributed by atoms with Gasteiger partial charge in [0.25, 0.3) is 11.1 Å². The fourth-order valence-electron chi connectivity index (χ4n) is 3.26. The highest BCUT2D eigenvalue weighted by atomic mass is 35.5. The molecule has 0 aliphatic carbocycles. The van der Waals surface area contributed by atoms with Crippen molar-refractivity contribution >= 4 is 47.1 Å². The molecule has 0 amide bonds. The number of imidazole rings is 1. The average molecular weight is 489 g/mol. The second-order valence-corrected chi connectivity index (χ2v) is 7.87. The zero-order valence-electron chi connectivity index (χ0n) is 17.5. The van der Waals surface area contributed by atoms with Gasteiger partial charge in [-0.15, -0.1) is 0 Å². The number of anilines is 1. The van der Waals surface area contributed by atoms with Crippen LogP contribution in [-0.2, 0) is 21.1 Å². The van der Waals surface area contributed by atoms with Crippen molar-refractivity contribution in [2.75, 3.05) is 5.43 Å². The SMILES string of the molecule is Cn1c(=O)c2c(nc(N/N=C/c3c(O)n(-c4ccc(Cl)cc4)c(=S)[nH]c3=O)n2C)n(C)c1=O. The van der Waals surface area contributed by atoms with Gasteiger partial charge in [-0.1, -0.05) is 11.6 Å². The number of hydrogen-bond donors (Lipinski definition) is 3. The lowest BCUT2D eigenvalue weighted by molar-refractivity contribution is 0.432. The summed E-state index contributed by atoms with van der Waals surface area (Å²) in [6.45, 7) is 0. The largest absolute Gasteiger partial charge is 0.494 e. The Bertz CT molecular complexity index is 1670. The van der Waals surface area contributed by atoms with Crippen LogP contribution in [0.5, 0.6) is 5.88 Å². The summed E-state index contributed by atoms with van der Waals surface area (Å²) in [4.78, 5) is 43.7. The molecule has 14 heteroatoms. The van der Waals surface area contributed by atoms with E-state index in [4.69, 9.17) is 23.8 Å². The van der Waals surface area contributed by atoms with Gasteiger partial charge >= 0.3 is 5.69 Å². The average Bonchev–Trinajstić information content (AvgIpc) is 3.10. The molecule has 3 N–H and O–H groups in total. The van der Waals surface area contributed by atoms with Gasteiger partial charge in [-0.25, -0.2) is 10.2 Å². The number of hydrazone groups is 1. The lowest BCUT2D eigenvalue weighted by atomic mass is 10.3.